The predicted molar refractivity (Wildman–Crippen MR) is 100 cm³/mol. The van der Waals surface area contributed by atoms with Crippen molar-refractivity contribution in [3.8, 4) is 0 Å². The topological polar surface area (TPSA) is 41.5 Å². The molecule has 1 aromatic heterocycles. The summed E-state index contributed by atoms with van der Waals surface area (Å²) < 4.78 is 5.56. The first kappa shape index (κ1) is 17.2. The van der Waals surface area contributed by atoms with Gasteiger partial charge in [0.1, 0.15) is 11.6 Å². The second kappa shape index (κ2) is 8.00. The Kier molecular flexibility index (Phi) is 5.51. The summed E-state index contributed by atoms with van der Waals surface area (Å²) in [5.74, 6) is 2.47. The van der Waals surface area contributed by atoms with Crippen LogP contribution in [-0.2, 0) is 4.74 Å². The van der Waals surface area contributed by atoms with Crippen molar-refractivity contribution < 1.29 is 4.74 Å². The minimum atomic E-state index is 0.450. The number of rotatable bonds is 3. The monoisotopic (exact) mass is 344 g/mol. The van der Waals surface area contributed by atoms with Crippen molar-refractivity contribution in [2.75, 3.05) is 44.3 Å². The first-order valence-electron chi connectivity index (χ1n) is 10.2. The molecule has 3 heterocycles. The van der Waals surface area contributed by atoms with Crippen LogP contribution in [0, 0.1) is 6.92 Å². The maximum atomic E-state index is 5.56. The predicted octanol–water partition coefficient (Wildman–Crippen LogP) is 3.13. The lowest BCUT2D eigenvalue weighted by atomic mass is 9.94. The number of aryl methyl sites for hydroxylation is 1. The SMILES string of the molecule is Cc1nc(C2CCOC2)cc(N2CCCN(C3CCCCC3)CC2)n1. The molecule has 0 N–H and O–H groups in total. The Labute approximate surface area is 151 Å². The van der Waals surface area contributed by atoms with Crippen LogP contribution in [0.1, 0.15) is 62.4 Å². The molecule has 138 valence electrons. The van der Waals surface area contributed by atoms with E-state index in [0.717, 1.165) is 50.4 Å². The molecular formula is C20H32N4O. The molecule has 5 heteroatoms. The van der Waals surface area contributed by atoms with Crippen LogP contribution in [0.2, 0.25) is 0 Å². The molecule has 1 aliphatic carbocycles. The molecule has 3 aliphatic rings. The maximum absolute atomic E-state index is 5.56. The molecule has 1 atom stereocenters. The largest absolute Gasteiger partial charge is 0.381 e. The van der Waals surface area contributed by atoms with Crippen LogP contribution in [0.3, 0.4) is 0 Å². The van der Waals surface area contributed by atoms with Gasteiger partial charge in [-0.3, -0.25) is 4.90 Å². The van der Waals surface area contributed by atoms with E-state index in [4.69, 9.17) is 14.7 Å². The van der Waals surface area contributed by atoms with E-state index in [1.54, 1.807) is 0 Å². The Morgan fingerprint density at radius 2 is 1.84 bits per heavy atom. The third-order valence-electron chi connectivity index (χ3n) is 6.14. The molecule has 0 spiro atoms. The maximum Gasteiger partial charge on any atom is 0.132 e. The van der Waals surface area contributed by atoms with Crippen molar-refractivity contribution in [2.45, 2.75) is 63.8 Å². The molecule has 0 bridgehead atoms. The number of hydrogen-bond acceptors (Lipinski definition) is 5. The van der Waals surface area contributed by atoms with Crippen molar-refractivity contribution in [3.63, 3.8) is 0 Å². The summed E-state index contributed by atoms with van der Waals surface area (Å²) >= 11 is 0. The second-order valence-corrected chi connectivity index (χ2v) is 7.93. The van der Waals surface area contributed by atoms with Crippen molar-refractivity contribution in [1.29, 1.82) is 0 Å². The van der Waals surface area contributed by atoms with Crippen LogP contribution in [0.5, 0.6) is 0 Å². The fourth-order valence-corrected chi connectivity index (χ4v) is 4.69. The minimum absolute atomic E-state index is 0.450. The summed E-state index contributed by atoms with van der Waals surface area (Å²) in [6.07, 6.45) is 9.40. The summed E-state index contributed by atoms with van der Waals surface area (Å²) in [6.45, 7) is 8.32. The molecule has 2 aliphatic heterocycles. The van der Waals surface area contributed by atoms with Gasteiger partial charge < -0.3 is 9.64 Å². The summed E-state index contributed by atoms with van der Waals surface area (Å²) in [7, 11) is 0. The molecule has 1 saturated carbocycles. The third kappa shape index (κ3) is 4.14. The molecule has 3 fully saturated rings. The van der Waals surface area contributed by atoms with Crippen molar-refractivity contribution >= 4 is 5.82 Å². The molecule has 0 radical (unpaired) electrons. The molecule has 25 heavy (non-hydrogen) atoms. The molecule has 0 amide bonds. The molecule has 1 aromatic rings. The Morgan fingerprint density at radius 1 is 0.960 bits per heavy atom. The zero-order valence-corrected chi connectivity index (χ0v) is 15.6. The number of anilines is 1. The molecule has 2 saturated heterocycles. The zero-order valence-electron chi connectivity index (χ0n) is 15.6. The van der Waals surface area contributed by atoms with Gasteiger partial charge >= 0.3 is 0 Å². The van der Waals surface area contributed by atoms with E-state index < -0.39 is 0 Å². The van der Waals surface area contributed by atoms with Gasteiger partial charge in [-0.25, -0.2) is 9.97 Å². The first-order valence-corrected chi connectivity index (χ1v) is 10.2. The number of nitrogens with zero attached hydrogens (tertiary/aromatic N) is 4. The highest BCUT2D eigenvalue weighted by molar-refractivity contribution is 5.41. The van der Waals surface area contributed by atoms with Gasteiger partial charge in [-0.2, -0.15) is 0 Å². The average molecular weight is 345 g/mol. The van der Waals surface area contributed by atoms with E-state index in [0.29, 0.717) is 5.92 Å². The van der Waals surface area contributed by atoms with Crippen LogP contribution in [-0.4, -0.2) is 60.3 Å². The quantitative estimate of drug-likeness (QED) is 0.843. The fourth-order valence-electron chi connectivity index (χ4n) is 4.69. The van der Waals surface area contributed by atoms with Crippen molar-refractivity contribution in [2.24, 2.45) is 0 Å². The van der Waals surface area contributed by atoms with Gasteiger partial charge in [-0.05, 0) is 32.6 Å². The average Bonchev–Trinajstić information content (AvgIpc) is 3.06. The van der Waals surface area contributed by atoms with Gasteiger partial charge in [0.25, 0.3) is 0 Å². The van der Waals surface area contributed by atoms with Crippen LogP contribution in [0.4, 0.5) is 5.82 Å². The Bertz CT molecular complexity index is 567. The highest BCUT2D eigenvalue weighted by Crippen LogP contribution is 2.27. The van der Waals surface area contributed by atoms with Gasteiger partial charge in [-0.1, -0.05) is 19.3 Å². The van der Waals surface area contributed by atoms with E-state index in [9.17, 15) is 0 Å². The number of ether oxygens (including phenoxy) is 1. The molecule has 4 rings (SSSR count). The van der Waals surface area contributed by atoms with Crippen molar-refractivity contribution in [1.82, 2.24) is 14.9 Å². The van der Waals surface area contributed by atoms with Crippen LogP contribution >= 0.6 is 0 Å². The van der Waals surface area contributed by atoms with Gasteiger partial charge in [0.05, 0.1) is 12.3 Å². The van der Waals surface area contributed by atoms with E-state index in [1.165, 1.54) is 57.3 Å². The van der Waals surface area contributed by atoms with Gasteiger partial charge in [0.15, 0.2) is 0 Å². The first-order chi connectivity index (χ1) is 12.3. The lowest BCUT2D eigenvalue weighted by Crippen LogP contribution is -2.39. The Hall–Kier alpha value is -1.20. The molecule has 5 nitrogen and oxygen atoms in total. The lowest BCUT2D eigenvalue weighted by Gasteiger charge is -2.33. The van der Waals surface area contributed by atoms with Gasteiger partial charge in [-0.15, -0.1) is 0 Å². The van der Waals surface area contributed by atoms with E-state index >= 15 is 0 Å². The highest BCUT2D eigenvalue weighted by Gasteiger charge is 2.25. The van der Waals surface area contributed by atoms with Crippen LogP contribution in [0.15, 0.2) is 6.07 Å². The summed E-state index contributed by atoms with van der Waals surface area (Å²) in [5.41, 5.74) is 1.17. The van der Waals surface area contributed by atoms with E-state index in [-0.39, 0.29) is 0 Å². The normalized spacial score (nSPS) is 26.8. The van der Waals surface area contributed by atoms with Gasteiger partial charge in [0, 0.05) is 50.8 Å². The standard InChI is InChI=1S/C20H32N4O/c1-16-21-19(17-8-13-25-15-17)14-20(22-16)24-10-5-9-23(11-12-24)18-6-3-2-4-7-18/h14,17-18H,2-13,15H2,1H3. The zero-order chi connectivity index (χ0) is 17.1. The molecule has 0 aromatic carbocycles. The summed E-state index contributed by atoms with van der Waals surface area (Å²) in [4.78, 5) is 14.7. The molecular weight excluding hydrogens is 312 g/mol. The summed E-state index contributed by atoms with van der Waals surface area (Å²) in [5, 5.41) is 0. The van der Waals surface area contributed by atoms with Crippen molar-refractivity contribution in [3.05, 3.63) is 17.6 Å². The molecule has 1 unspecified atom stereocenters. The lowest BCUT2D eigenvalue weighted by molar-refractivity contribution is 0.166. The van der Waals surface area contributed by atoms with Gasteiger partial charge in [0.2, 0.25) is 0 Å². The third-order valence-corrected chi connectivity index (χ3v) is 6.14. The van der Waals surface area contributed by atoms with E-state index in [2.05, 4.69) is 15.9 Å². The van der Waals surface area contributed by atoms with E-state index in [1.807, 2.05) is 6.92 Å². The summed E-state index contributed by atoms with van der Waals surface area (Å²) in [6, 6.07) is 3.05. The fraction of sp³-hybridized carbons (Fsp3) is 0.800. The Morgan fingerprint density at radius 3 is 2.64 bits per heavy atom. The second-order valence-electron chi connectivity index (χ2n) is 7.93. The number of hydrogen-bond donors (Lipinski definition) is 0. The Balaban J connectivity index is 1.44. The smallest absolute Gasteiger partial charge is 0.132 e. The minimum Gasteiger partial charge on any atom is -0.381 e. The van der Waals surface area contributed by atoms with Crippen LogP contribution < -0.4 is 4.90 Å². The van der Waals surface area contributed by atoms with Crippen LogP contribution in [0.25, 0.3) is 0 Å². The number of aromatic nitrogens is 2. The highest BCUT2D eigenvalue weighted by atomic mass is 16.5.